The van der Waals surface area contributed by atoms with Gasteiger partial charge in [0.15, 0.2) is 0 Å². The molecule has 3 heteroatoms. The third kappa shape index (κ3) is 6.01. The van der Waals surface area contributed by atoms with Gasteiger partial charge in [-0.1, -0.05) is 0 Å². The summed E-state index contributed by atoms with van der Waals surface area (Å²) in [6.07, 6.45) is 0.998. The monoisotopic (exact) mass is 163 g/mol. The number of nitrogens with zero attached hydrogens (tertiary/aromatic N) is 1. The molecule has 0 aromatic heterocycles. The summed E-state index contributed by atoms with van der Waals surface area (Å²) in [6.45, 7) is 1.90. The van der Waals surface area contributed by atoms with Gasteiger partial charge in [0.05, 0.1) is 11.3 Å². The summed E-state index contributed by atoms with van der Waals surface area (Å²) in [5.74, 6) is 1.70. The minimum Gasteiger partial charge on any atom is -0.197 e. The number of hydrogen-bond acceptors (Lipinski definition) is 2. The summed E-state index contributed by atoms with van der Waals surface area (Å²) in [5, 5.41) is 8.45. The predicted molar refractivity (Wildman–Crippen MR) is 42.9 cm³/mol. The maximum Gasteiger partial charge on any atom is 0.0888 e. The highest BCUT2D eigenvalue weighted by molar-refractivity contribution is 8.00. The van der Waals surface area contributed by atoms with Crippen molar-refractivity contribution in [2.24, 2.45) is 0 Å². The third-order valence-corrected chi connectivity index (χ3v) is 2.22. The Balaban J connectivity index is 2.99. The van der Waals surface area contributed by atoms with E-state index in [2.05, 4.69) is 6.07 Å². The second-order valence-electron chi connectivity index (χ2n) is 1.68. The Morgan fingerprint density at radius 3 is 2.89 bits per heavy atom. The molecule has 9 heavy (non-hydrogen) atoms. The van der Waals surface area contributed by atoms with E-state index in [1.165, 1.54) is 0 Å². The van der Waals surface area contributed by atoms with E-state index < -0.39 is 0 Å². The summed E-state index contributed by atoms with van der Waals surface area (Å²) in [6, 6.07) is 2.14. The van der Waals surface area contributed by atoms with E-state index in [9.17, 15) is 0 Å². The summed E-state index contributed by atoms with van der Waals surface area (Å²) in [4.78, 5) is 0. The number of hydrogen-bond donors (Lipinski definition) is 0. The lowest BCUT2D eigenvalue weighted by molar-refractivity contribution is 1.10. The van der Waals surface area contributed by atoms with Gasteiger partial charge in [0.25, 0.3) is 0 Å². The van der Waals surface area contributed by atoms with Crippen molar-refractivity contribution in [3.05, 3.63) is 0 Å². The molecule has 0 aliphatic rings. The Morgan fingerprint density at radius 2 is 2.44 bits per heavy atom. The Kier molecular flexibility index (Phi) is 6.34. The van der Waals surface area contributed by atoms with E-state index in [0.29, 0.717) is 5.88 Å². The van der Waals surface area contributed by atoms with Crippen molar-refractivity contribution in [3.8, 4) is 6.07 Å². The number of thioether (sulfide) groups is 1. The molecule has 0 aliphatic heterocycles. The first-order valence-corrected chi connectivity index (χ1v) is 4.46. The molecule has 0 amide bonds. The van der Waals surface area contributed by atoms with Crippen molar-refractivity contribution in [2.45, 2.75) is 18.6 Å². The van der Waals surface area contributed by atoms with Gasteiger partial charge in [0, 0.05) is 5.88 Å². The van der Waals surface area contributed by atoms with Crippen LogP contribution in [0.15, 0.2) is 0 Å². The van der Waals surface area contributed by atoms with Crippen molar-refractivity contribution in [1.29, 1.82) is 5.26 Å². The Bertz CT molecular complexity index is 99.7. The van der Waals surface area contributed by atoms with Gasteiger partial charge in [-0.3, -0.25) is 0 Å². The van der Waals surface area contributed by atoms with Crippen LogP contribution < -0.4 is 0 Å². The molecule has 0 aliphatic carbocycles. The van der Waals surface area contributed by atoms with Crippen LogP contribution in [0.3, 0.4) is 0 Å². The maximum atomic E-state index is 8.33. The van der Waals surface area contributed by atoms with Gasteiger partial charge >= 0.3 is 0 Å². The Labute approximate surface area is 65.4 Å². The second-order valence-corrected chi connectivity index (χ2v) is 3.51. The van der Waals surface area contributed by atoms with Gasteiger partial charge in [-0.15, -0.1) is 23.4 Å². The minimum absolute atomic E-state index is 0.119. The van der Waals surface area contributed by atoms with E-state index in [4.69, 9.17) is 16.9 Å². The van der Waals surface area contributed by atoms with E-state index in [1.807, 2.05) is 6.92 Å². The van der Waals surface area contributed by atoms with Crippen molar-refractivity contribution < 1.29 is 0 Å². The topological polar surface area (TPSA) is 23.8 Å². The second kappa shape index (κ2) is 6.25. The molecule has 0 N–H and O–H groups in total. The Morgan fingerprint density at radius 1 is 1.78 bits per heavy atom. The number of nitriles is 1. The molecular weight excluding hydrogens is 154 g/mol. The fourth-order valence-electron chi connectivity index (χ4n) is 0.352. The highest BCUT2D eigenvalue weighted by atomic mass is 35.5. The molecule has 0 saturated heterocycles. The van der Waals surface area contributed by atoms with Crippen molar-refractivity contribution in [3.63, 3.8) is 0 Å². The molecule has 0 spiro atoms. The SMILES string of the molecule is CC(C#N)SCCCCl. The van der Waals surface area contributed by atoms with Gasteiger partial charge in [0.1, 0.15) is 0 Å². The first-order valence-electron chi connectivity index (χ1n) is 2.88. The standard InChI is InChI=1S/C6H10ClNS/c1-6(5-8)9-4-2-3-7/h6H,2-4H2,1H3. The first kappa shape index (κ1) is 9.13. The number of rotatable bonds is 4. The molecule has 0 saturated carbocycles. The molecule has 1 unspecified atom stereocenters. The minimum atomic E-state index is 0.119. The lowest BCUT2D eigenvalue weighted by Crippen LogP contribution is -1.92. The van der Waals surface area contributed by atoms with Crippen LogP contribution in [0.2, 0.25) is 0 Å². The largest absolute Gasteiger partial charge is 0.197 e. The summed E-state index contributed by atoms with van der Waals surface area (Å²) < 4.78 is 0. The molecule has 1 nitrogen and oxygen atoms in total. The molecule has 0 aromatic rings. The van der Waals surface area contributed by atoms with Gasteiger partial charge < -0.3 is 0 Å². The summed E-state index contributed by atoms with van der Waals surface area (Å²) in [7, 11) is 0. The quantitative estimate of drug-likeness (QED) is 0.469. The van der Waals surface area contributed by atoms with Crippen LogP contribution in [0, 0.1) is 11.3 Å². The Hall–Kier alpha value is 0.130. The zero-order valence-electron chi connectivity index (χ0n) is 5.43. The zero-order chi connectivity index (χ0) is 7.11. The fraction of sp³-hybridized carbons (Fsp3) is 0.833. The maximum absolute atomic E-state index is 8.33. The summed E-state index contributed by atoms with van der Waals surface area (Å²) in [5.41, 5.74) is 0. The third-order valence-electron chi connectivity index (χ3n) is 0.828. The van der Waals surface area contributed by atoms with Gasteiger partial charge in [-0.25, -0.2) is 0 Å². The van der Waals surface area contributed by atoms with E-state index in [0.717, 1.165) is 12.2 Å². The predicted octanol–water partition coefficient (Wildman–Crippen LogP) is 2.26. The first-order chi connectivity index (χ1) is 4.31. The molecule has 1 atom stereocenters. The molecule has 0 radical (unpaired) electrons. The van der Waals surface area contributed by atoms with Crippen molar-refractivity contribution in [1.82, 2.24) is 0 Å². The number of halogens is 1. The zero-order valence-corrected chi connectivity index (χ0v) is 7.00. The van der Waals surface area contributed by atoms with Crippen molar-refractivity contribution in [2.75, 3.05) is 11.6 Å². The molecule has 0 rings (SSSR count). The number of alkyl halides is 1. The average Bonchev–Trinajstić information content (AvgIpc) is 1.89. The normalized spacial score (nSPS) is 12.6. The molecule has 0 fully saturated rings. The van der Waals surface area contributed by atoms with Crippen LogP contribution in [0.4, 0.5) is 0 Å². The van der Waals surface area contributed by atoms with Crippen LogP contribution in [0.25, 0.3) is 0 Å². The van der Waals surface area contributed by atoms with Gasteiger partial charge in [0.2, 0.25) is 0 Å². The average molecular weight is 164 g/mol. The van der Waals surface area contributed by atoms with Gasteiger partial charge in [-0.2, -0.15) is 5.26 Å². The van der Waals surface area contributed by atoms with E-state index >= 15 is 0 Å². The van der Waals surface area contributed by atoms with E-state index in [-0.39, 0.29) is 5.25 Å². The lowest BCUT2D eigenvalue weighted by Gasteiger charge is -1.98. The molecule has 0 bridgehead atoms. The van der Waals surface area contributed by atoms with Gasteiger partial charge in [-0.05, 0) is 19.1 Å². The van der Waals surface area contributed by atoms with Crippen LogP contribution in [-0.2, 0) is 0 Å². The highest BCUT2D eigenvalue weighted by Crippen LogP contribution is 2.10. The molecule has 52 valence electrons. The lowest BCUT2D eigenvalue weighted by atomic mass is 10.5. The molecule has 0 heterocycles. The smallest absolute Gasteiger partial charge is 0.0888 e. The highest BCUT2D eigenvalue weighted by Gasteiger charge is 1.96. The van der Waals surface area contributed by atoms with Crippen LogP contribution >= 0.6 is 23.4 Å². The fourth-order valence-corrected chi connectivity index (χ4v) is 1.38. The summed E-state index contributed by atoms with van der Waals surface area (Å²) >= 11 is 7.09. The van der Waals surface area contributed by atoms with Crippen LogP contribution in [-0.4, -0.2) is 16.9 Å². The van der Waals surface area contributed by atoms with Crippen LogP contribution in [0.1, 0.15) is 13.3 Å². The van der Waals surface area contributed by atoms with E-state index in [1.54, 1.807) is 11.8 Å². The molecular formula is C6H10ClNS. The van der Waals surface area contributed by atoms with Crippen molar-refractivity contribution >= 4 is 23.4 Å². The molecule has 0 aromatic carbocycles. The van der Waals surface area contributed by atoms with Crippen LogP contribution in [0.5, 0.6) is 0 Å².